The number of rotatable bonds is 3. The van der Waals surface area contributed by atoms with Gasteiger partial charge in [-0.2, -0.15) is 0 Å². The van der Waals surface area contributed by atoms with Crippen LogP contribution >= 0.6 is 12.4 Å². The topological polar surface area (TPSA) is 62.9 Å². The van der Waals surface area contributed by atoms with E-state index in [0.717, 1.165) is 18.7 Å². The van der Waals surface area contributed by atoms with E-state index in [0.29, 0.717) is 47.6 Å². The van der Waals surface area contributed by atoms with Gasteiger partial charge >= 0.3 is 0 Å². The molecule has 0 atom stereocenters. The summed E-state index contributed by atoms with van der Waals surface area (Å²) in [5.41, 5.74) is 2.46. The van der Waals surface area contributed by atoms with Gasteiger partial charge in [-0.05, 0) is 24.6 Å². The van der Waals surface area contributed by atoms with Crippen molar-refractivity contribution in [3.05, 3.63) is 64.0 Å². The molecule has 27 heavy (non-hydrogen) atoms. The Morgan fingerprint density at radius 1 is 1.07 bits per heavy atom. The van der Waals surface area contributed by atoms with Crippen LogP contribution in [0.5, 0.6) is 5.75 Å². The summed E-state index contributed by atoms with van der Waals surface area (Å²) in [5, 5.41) is 10.9. The molecule has 2 heterocycles. The molecule has 4 rings (SSSR count). The Balaban J connectivity index is 0.00000210. The number of hydrogen-bond acceptors (Lipinski definition) is 5. The minimum atomic E-state index is -0.0711. The third-order valence-corrected chi connectivity index (χ3v) is 4.86. The lowest BCUT2D eigenvalue weighted by atomic mass is 10.0. The van der Waals surface area contributed by atoms with Crippen LogP contribution in [0.2, 0.25) is 0 Å². The number of hydrogen-bond donors (Lipinski definition) is 1. The summed E-state index contributed by atoms with van der Waals surface area (Å²) in [6.07, 6.45) is 0. The second kappa shape index (κ2) is 8.13. The van der Waals surface area contributed by atoms with Crippen LogP contribution in [-0.2, 0) is 11.3 Å². The lowest BCUT2D eigenvalue weighted by molar-refractivity contribution is 0.0339. The standard InChI is InChI=1S/C21H21NO4.ClH/c1-14-19(15-5-3-2-4-6-15)20(24)16-7-8-18(23)17(21(16)26-14)13-22-9-11-25-12-10-22;/h2-8,23H,9-13H2,1H3;1H. The van der Waals surface area contributed by atoms with E-state index in [1.807, 2.05) is 30.3 Å². The normalized spacial score (nSPS) is 14.9. The van der Waals surface area contributed by atoms with Crippen molar-refractivity contribution in [2.45, 2.75) is 13.5 Å². The number of halogens is 1. The maximum atomic E-state index is 13.1. The molecule has 1 aromatic heterocycles. The van der Waals surface area contributed by atoms with Crippen molar-refractivity contribution in [3.63, 3.8) is 0 Å². The van der Waals surface area contributed by atoms with Crippen molar-refractivity contribution in [3.8, 4) is 16.9 Å². The number of morpholine rings is 1. The molecule has 1 aliphatic rings. The van der Waals surface area contributed by atoms with Gasteiger partial charge in [0.15, 0.2) is 0 Å². The first kappa shape index (κ1) is 19.4. The summed E-state index contributed by atoms with van der Waals surface area (Å²) in [6.45, 7) is 5.26. The maximum Gasteiger partial charge on any atom is 0.200 e. The highest BCUT2D eigenvalue weighted by molar-refractivity contribution is 5.86. The molecule has 0 unspecified atom stereocenters. The number of aryl methyl sites for hydroxylation is 1. The van der Waals surface area contributed by atoms with Crippen LogP contribution in [0.15, 0.2) is 51.7 Å². The summed E-state index contributed by atoms with van der Waals surface area (Å²) < 4.78 is 11.4. The SMILES string of the molecule is Cc1oc2c(CN3CCOCC3)c(O)ccc2c(=O)c1-c1ccccc1.Cl. The fraction of sp³-hybridized carbons (Fsp3) is 0.286. The first-order valence-corrected chi connectivity index (χ1v) is 8.79. The van der Waals surface area contributed by atoms with E-state index in [1.165, 1.54) is 0 Å². The predicted molar refractivity (Wildman–Crippen MR) is 108 cm³/mol. The van der Waals surface area contributed by atoms with Gasteiger partial charge in [0, 0.05) is 19.6 Å². The molecule has 1 N–H and O–H groups in total. The van der Waals surface area contributed by atoms with Crippen LogP contribution < -0.4 is 5.43 Å². The first-order valence-electron chi connectivity index (χ1n) is 8.79. The largest absolute Gasteiger partial charge is 0.507 e. The fourth-order valence-electron chi connectivity index (χ4n) is 3.49. The van der Waals surface area contributed by atoms with E-state index in [2.05, 4.69) is 4.90 Å². The average molecular weight is 388 g/mol. The fourth-order valence-corrected chi connectivity index (χ4v) is 3.49. The van der Waals surface area contributed by atoms with E-state index in [9.17, 15) is 9.90 Å². The smallest absolute Gasteiger partial charge is 0.200 e. The summed E-state index contributed by atoms with van der Waals surface area (Å²) in [4.78, 5) is 15.3. The second-order valence-electron chi connectivity index (χ2n) is 6.56. The molecule has 0 bridgehead atoms. The number of phenolic OH excluding ortho intramolecular Hbond substituents is 1. The Morgan fingerprint density at radius 2 is 1.78 bits per heavy atom. The van der Waals surface area contributed by atoms with Crippen LogP contribution in [0.4, 0.5) is 0 Å². The Hall–Kier alpha value is -2.34. The minimum Gasteiger partial charge on any atom is -0.507 e. The molecular weight excluding hydrogens is 366 g/mol. The highest BCUT2D eigenvalue weighted by Crippen LogP contribution is 2.31. The number of nitrogens with zero attached hydrogens (tertiary/aromatic N) is 1. The maximum absolute atomic E-state index is 13.1. The van der Waals surface area contributed by atoms with Crippen LogP contribution in [-0.4, -0.2) is 36.3 Å². The molecule has 1 aliphatic heterocycles. The van der Waals surface area contributed by atoms with E-state index in [4.69, 9.17) is 9.15 Å². The average Bonchev–Trinajstić information content (AvgIpc) is 2.66. The van der Waals surface area contributed by atoms with Crippen molar-refractivity contribution in [1.29, 1.82) is 0 Å². The van der Waals surface area contributed by atoms with Crippen LogP contribution in [0.25, 0.3) is 22.1 Å². The number of aromatic hydroxyl groups is 1. The van der Waals surface area contributed by atoms with E-state index < -0.39 is 0 Å². The molecule has 0 amide bonds. The molecule has 6 heteroatoms. The predicted octanol–water partition coefficient (Wildman–Crippen LogP) is 3.73. The third-order valence-electron chi connectivity index (χ3n) is 4.86. The monoisotopic (exact) mass is 387 g/mol. The molecule has 3 aromatic rings. The second-order valence-corrected chi connectivity index (χ2v) is 6.56. The molecular formula is C21H22ClNO4. The van der Waals surface area contributed by atoms with Gasteiger partial charge in [0.05, 0.1) is 29.7 Å². The van der Waals surface area contributed by atoms with Crippen molar-refractivity contribution in [2.75, 3.05) is 26.3 Å². The molecule has 5 nitrogen and oxygen atoms in total. The van der Waals surface area contributed by atoms with Crippen molar-refractivity contribution in [2.24, 2.45) is 0 Å². The number of ether oxygens (including phenoxy) is 1. The molecule has 0 aliphatic carbocycles. The van der Waals surface area contributed by atoms with Gasteiger partial charge < -0.3 is 14.3 Å². The van der Waals surface area contributed by atoms with Gasteiger partial charge in [0.1, 0.15) is 17.1 Å². The van der Waals surface area contributed by atoms with Gasteiger partial charge in [0.25, 0.3) is 0 Å². The Kier molecular flexibility index (Phi) is 5.85. The van der Waals surface area contributed by atoms with E-state index >= 15 is 0 Å². The van der Waals surface area contributed by atoms with Gasteiger partial charge in [-0.1, -0.05) is 30.3 Å². The molecule has 142 valence electrons. The van der Waals surface area contributed by atoms with E-state index in [-0.39, 0.29) is 23.6 Å². The molecule has 0 radical (unpaired) electrons. The van der Waals surface area contributed by atoms with Crippen LogP contribution in [0.1, 0.15) is 11.3 Å². The highest BCUT2D eigenvalue weighted by Gasteiger charge is 2.20. The van der Waals surface area contributed by atoms with Gasteiger partial charge in [-0.15, -0.1) is 12.4 Å². The Bertz CT molecular complexity index is 994. The van der Waals surface area contributed by atoms with Crippen LogP contribution in [0, 0.1) is 6.92 Å². The summed E-state index contributed by atoms with van der Waals surface area (Å²) >= 11 is 0. The first-order chi connectivity index (χ1) is 12.6. The van der Waals surface area contributed by atoms with Gasteiger partial charge in [0.2, 0.25) is 5.43 Å². The zero-order valence-corrected chi connectivity index (χ0v) is 15.9. The lowest BCUT2D eigenvalue weighted by Crippen LogP contribution is -2.35. The lowest BCUT2D eigenvalue weighted by Gasteiger charge is -2.27. The zero-order chi connectivity index (χ0) is 18.1. The third kappa shape index (κ3) is 3.72. The molecule has 0 spiro atoms. The van der Waals surface area contributed by atoms with Gasteiger partial charge in [-0.3, -0.25) is 9.69 Å². The summed E-state index contributed by atoms with van der Waals surface area (Å²) in [7, 11) is 0. The van der Waals surface area contributed by atoms with Gasteiger partial charge in [-0.25, -0.2) is 0 Å². The van der Waals surface area contributed by atoms with Crippen LogP contribution in [0.3, 0.4) is 0 Å². The number of fused-ring (bicyclic) bond motifs is 1. The quantitative estimate of drug-likeness (QED) is 0.742. The van der Waals surface area contributed by atoms with Crippen molar-refractivity contribution < 1.29 is 14.3 Å². The number of phenols is 1. The number of benzene rings is 2. The van der Waals surface area contributed by atoms with Crippen molar-refractivity contribution in [1.82, 2.24) is 4.90 Å². The zero-order valence-electron chi connectivity index (χ0n) is 15.1. The summed E-state index contributed by atoms with van der Waals surface area (Å²) in [6, 6.07) is 12.8. The van der Waals surface area contributed by atoms with E-state index in [1.54, 1.807) is 19.1 Å². The molecule has 1 saturated heterocycles. The Labute approximate surface area is 163 Å². The Morgan fingerprint density at radius 3 is 2.48 bits per heavy atom. The molecule has 2 aromatic carbocycles. The van der Waals surface area contributed by atoms with Crippen molar-refractivity contribution >= 4 is 23.4 Å². The molecule has 0 saturated carbocycles. The highest BCUT2D eigenvalue weighted by atomic mass is 35.5. The minimum absolute atomic E-state index is 0. The summed E-state index contributed by atoms with van der Waals surface area (Å²) in [5.74, 6) is 0.710. The molecule has 1 fully saturated rings.